The molecule has 1 aliphatic heterocycles. The third kappa shape index (κ3) is 5.05. The molecule has 1 fully saturated rings. The molecule has 0 radical (unpaired) electrons. The molecule has 1 heterocycles. The third-order valence-corrected chi connectivity index (χ3v) is 6.36. The van der Waals surface area contributed by atoms with Gasteiger partial charge >= 0.3 is 12.1 Å². The first-order valence-electron chi connectivity index (χ1n) is 11.2. The molecule has 8 nitrogen and oxygen atoms in total. The van der Waals surface area contributed by atoms with E-state index in [0.29, 0.717) is 26.1 Å². The van der Waals surface area contributed by atoms with Crippen molar-refractivity contribution in [2.45, 2.75) is 18.8 Å². The second-order valence-electron chi connectivity index (χ2n) is 8.36. The Balaban J connectivity index is 1.23. The number of rotatable bonds is 6. The van der Waals surface area contributed by atoms with Gasteiger partial charge in [-0.3, -0.25) is 9.59 Å². The Labute approximate surface area is 197 Å². The van der Waals surface area contributed by atoms with Gasteiger partial charge in [0.1, 0.15) is 6.61 Å². The highest BCUT2D eigenvalue weighted by Gasteiger charge is 2.40. The molecule has 2 amide bonds. The van der Waals surface area contributed by atoms with Crippen LogP contribution >= 0.6 is 0 Å². The number of hydrogen-bond donors (Lipinski definition) is 3. The van der Waals surface area contributed by atoms with Crippen LogP contribution in [0.5, 0.6) is 0 Å². The van der Waals surface area contributed by atoms with Crippen molar-refractivity contribution in [3.05, 3.63) is 59.7 Å². The molecule has 2 aromatic rings. The minimum Gasteiger partial charge on any atom is -0.481 e. The Morgan fingerprint density at radius 3 is 2.24 bits per heavy atom. The van der Waals surface area contributed by atoms with Crippen LogP contribution < -0.4 is 10.6 Å². The largest absolute Gasteiger partial charge is 0.481 e. The Kier molecular flexibility index (Phi) is 7.14. The summed E-state index contributed by atoms with van der Waals surface area (Å²) in [5, 5.41) is 14.6. The summed E-state index contributed by atoms with van der Waals surface area (Å²) in [5.74, 6) is 3.33. The van der Waals surface area contributed by atoms with Crippen LogP contribution in [-0.2, 0) is 19.1 Å². The van der Waals surface area contributed by atoms with Crippen LogP contribution in [0.25, 0.3) is 11.1 Å². The third-order valence-electron chi connectivity index (χ3n) is 6.36. The summed E-state index contributed by atoms with van der Waals surface area (Å²) in [4.78, 5) is 35.7. The quantitative estimate of drug-likeness (QED) is 0.569. The van der Waals surface area contributed by atoms with E-state index in [9.17, 15) is 19.5 Å². The highest BCUT2D eigenvalue weighted by Crippen LogP contribution is 2.44. The lowest BCUT2D eigenvalue weighted by Crippen LogP contribution is -2.46. The number of nitrogens with one attached hydrogen (secondary N) is 2. The van der Waals surface area contributed by atoms with E-state index in [2.05, 4.69) is 34.6 Å². The van der Waals surface area contributed by atoms with Gasteiger partial charge in [-0.2, -0.15) is 0 Å². The molecule has 0 atom stereocenters. The van der Waals surface area contributed by atoms with Gasteiger partial charge in [-0.05, 0) is 41.0 Å². The van der Waals surface area contributed by atoms with Crippen LogP contribution in [-0.4, -0.2) is 56.0 Å². The molecule has 2 aliphatic rings. The maximum atomic E-state index is 12.1. The van der Waals surface area contributed by atoms with Gasteiger partial charge in [0, 0.05) is 25.7 Å². The number of benzene rings is 2. The summed E-state index contributed by atoms with van der Waals surface area (Å²) in [6.45, 7) is 0.797. The number of aliphatic carboxylic acids is 1. The summed E-state index contributed by atoms with van der Waals surface area (Å²) >= 11 is 0. The molecule has 0 spiro atoms. The van der Waals surface area contributed by atoms with Crippen molar-refractivity contribution in [1.82, 2.24) is 10.6 Å². The number of carbonyl (C=O) groups excluding carboxylic acids is 2. The normalized spacial score (nSPS) is 15.8. The van der Waals surface area contributed by atoms with E-state index in [0.717, 1.165) is 22.3 Å². The molecule has 1 aliphatic carbocycles. The molecule has 0 unspecified atom stereocenters. The average Bonchev–Trinajstić information content (AvgIpc) is 3.18. The van der Waals surface area contributed by atoms with Crippen LogP contribution in [0.4, 0.5) is 4.79 Å². The molecule has 176 valence electrons. The van der Waals surface area contributed by atoms with Crippen LogP contribution in [0.1, 0.15) is 29.9 Å². The van der Waals surface area contributed by atoms with Gasteiger partial charge in [0.15, 0.2) is 0 Å². The predicted molar refractivity (Wildman–Crippen MR) is 124 cm³/mol. The second kappa shape index (κ2) is 10.4. The Bertz CT molecular complexity index is 1100. The zero-order valence-corrected chi connectivity index (χ0v) is 18.6. The fourth-order valence-electron chi connectivity index (χ4n) is 4.41. The lowest BCUT2D eigenvalue weighted by atomic mass is 9.80. The predicted octanol–water partition coefficient (Wildman–Crippen LogP) is 2.53. The molecule has 3 N–H and O–H groups in total. The number of hydrogen-bond acceptors (Lipinski definition) is 5. The van der Waals surface area contributed by atoms with E-state index in [1.54, 1.807) is 0 Å². The van der Waals surface area contributed by atoms with Crippen molar-refractivity contribution >= 4 is 18.0 Å². The van der Waals surface area contributed by atoms with Gasteiger partial charge < -0.3 is 25.2 Å². The van der Waals surface area contributed by atoms with Gasteiger partial charge in [-0.25, -0.2) is 4.79 Å². The molecule has 0 bridgehead atoms. The molecular formula is C26H26N2O6. The van der Waals surface area contributed by atoms with Gasteiger partial charge in [-0.1, -0.05) is 54.5 Å². The highest BCUT2D eigenvalue weighted by molar-refractivity contribution is 5.94. The van der Waals surface area contributed by atoms with Crippen LogP contribution in [0.3, 0.4) is 0 Å². The van der Waals surface area contributed by atoms with Crippen molar-refractivity contribution < 1.29 is 29.0 Å². The van der Waals surface area contributed by atoms with Crippen molar-refractivity contribution in [3.8, 4) is 23.0 Å². The van der Waals surface area contributed by atoms with E-state index >= 15 is 0 Å². The number of alkyl carbamates (subject to hydrolysis) is 1. The average molecular weight is 463 g/mol. The maximum absolute atomic E-state index is 12.1. The molecule has 34 heavy (non-hydrogen) atoms. The van der Waals surface area contributed by atoms with Crippen molar-refractivity contribution in [2.24, 2.45) is 5.41 Å². The zero-order chi connectivity index (χ0) is 24.0. The van der Waals surface area contributed by atoms with E-state index < -0.39 is 23.4 Å². The number of carboxylic acids is 1. The van der Waals surface area contributed by atoms with Crippen molar-refractivity contribution in [1.29, 1.82) is 0 Å². The fourth-order valence-corrected chi connectivity index (χ4v) is 4.41. The summed E-state index contributed by atoms with van der Waals surface area (Å²) in [5.41, 5.74) is 3.51. The van der Waals surface area contributed by atoms with Gasteiger partial charge in [0.25, 0.3) is 5.91 Å². The minimum atomic E-state index is -1.03. The molecule has 0 aromatic heterocycles. The van der Waals surface area contributed by atoms with E-state index in [1.807, 2.05) is 36.4 Å². The SMILES string of the molecule is O=C(C#CCNC(=O)OCC1c2ccccc2-c2ccccc21)NCC1(C(=O)O)CCOCC1. The van der Waals surface area contributed by atoms with Gasteiger partial charge in [-0.15, -0.1) is 0 Å². The van der Waals surface area contributed by atoms with Gasteiger partial charge in [0.2, 0.25) is 0 Å². The molecular weight excluding hydrogens is 436 g/mol. The summed E-state index contributed by atoms with van der Waals surface area (Å²) in [6.07, 6.45) is 0.0438. The van der Waals surface area contributed by atoms with E-state index in [4.69, 9.17) is 9.47 Å². The number of ether oxygens (including phenoxy) is 2. The Morgan fingerprint density at radius 1 is 1.00 bits per heavy atom. The maximum Gasteiger partial charge on any atom is 0.407 e. The highest BCUT2D eigenvalue weighted by atomic mass is 16.5. The molecule has 1 saturated heterocycles. The number of fused-ring (bicyclic) bond motifs is 3. The van der Waals surface area contributed by atoms with Crippen LogP contribution in [0.2, 0.25) is 0 Å². The summed E-state index contributed by atoms with van der Waals surface area (Å²) < 4.78 is 10.6. The summed E-state index contributed by atoms with van der Waals surface area (Å²) in [7, 11) is 0. The van der Waals surface area contributed by atoms with Crippen LogP contribution in [0, 0.1) is 17.3 Å². The second-order valence-corrected chi connectivity index (χ2v) is 8.36. The zero-order valence-electron chi connectivity index (χ0n) is 18.6. The monoisotopic (exact) mass is 462 g/mol. The van der Waals surface area contributed by atoms with E-state index in [-0.39, 0.29) is 25.6 Å². The van der Waals surface area contributed by atoms with Crippen molar-refractivity contribution in [3.63, 3.8) is 0 Å². The topological polar surface area (TPSA) is 114 Å². The first-order chi connectivity index (χ1) is 16.5. The Hall–Kier alpha value is -3.83. The number of carbonyl (C=O) groups is 3. The fraction of sp³-hybridized carbons (Fsp3) is 0.346. The molecule has 4 rings (SSSR count). The summed E-state index contributed by atoms with van der Waals surface area (Å²) in [6, 6.07) is 16.1. The first-order valence-corrected chi connectivity index (χ1v) is 11.2. The molecule has 2 aromatic carbocycles. The minimum absolute atomic E-state index is 0.0149. The first kappa shape index (κ1) is 23.3. The molecule has 8 heteroatoms. The van der Waals surface area contributed by atoms with Gasteiger partial charge in [0.05, 0.1) is 12.0 Å². The van der Waals surface area contributed by atoms with Crippen molar-refractivity contribution in [2.75, 3.05) is 32.9 Å². The number of carboxylic acid groups (broad SMARTS) is 1. The van der Waals surface area contributed by atoms with Crippen LogP contribution in [0.15, 0.2) is 48.5 Å². The Morgan fingerprint density at radius 2 is 1.62 bits per heavy atom. The lowest BCUT2D eigenvalue weighted by Gasteiger charge is -2.32. The number of amides is 2. The smallest absolute Gasteiger partial charge is 0.407 e. The lowest BCUT2D eigenvalue weighted by molar-refractivity contribution is -0.154. The van der Waals surface area contributed by atoms with E-state index in [1.165, 1.54) is 0 Å². The standard InChI is InChI=1S/C26H26N2O6/c29-23(28-17-26(24(30)31)11-14-33-15-12-26)10-5-13-27-25(32)34-16-22-20-8-3-1-6-18(20)19-7-2-4-9-21(19)22/h1-4,6-9,22H,11-17H2,(H,27,32)(H,28,29)(H,30,31). The molecule has 0 saturated carbocycles.